The molecule has 0 amide bonds. The summed E-state index contributed by atoms with van der Waals surface area (Å²) in [5, 5.41) is 3.58. The van der Waals surface area contributed by atoms with Crippen LogP contribution in [0.15, 0.2) is 24.3 Å². The zero-order valence-corrected chi connectivity index (χ0v) is 11.9. The Balaban J connectivity index is 1.93. The Morgan fingerprint density at radius 2 is 2.11 bits per heavy atom. The number of nitrogens with one attached hydrogen (secondary N) is 1. The highest BCUT2D eigenvalue weighted by molar-refractivity contribution is 5.25. The van der Waals surface area contributed by atoms with Gasteiger partial charge in [0.15, 0.2) is 0 Å². The summed E-state index contributed by atoms with van der Waals surface area (Å²) in [5.74, 6) is 0. The Bertz CT molecular complexity index is 373. The molecule has 1 saturated heterocycles. The highest BCUT2D eigenvalue weighted by Gasteiger charge is 2.24. The molecule has 0 aliphatic carbocycles. The predicted molar refractivity (Wildman–Crippen MR) is 77.7 cm³/mol. The van der Waals surface area contributed by atoms with Crippen LogP contribution >= 0.6 is 0 Å². The molecule has 1 atom stereocenters. The maximum absolute atomic E-state index is 3.58. The summed E-state index contributed by atoms with van der Waals surface area (Å²) in [6, 6.07) is 10.1. The molecular weight excluding hydrogens is 220 g/mol. The third-order valence-electron chi connectivity index (χ3n) is 3.90. The van der Waals surface area contributed by atoms with Crippen molar-refractivity contribution in [1.29, 1.82) is 0 Å². The van der Waals surface area contributed by atoms with Gasteiger partial charge in [-0.15, -0.1) is 0 Å². The summed E-state index contributed by atoms with van der Waals surface area (Å²) >= 11 is 0. The molecule has 0 aromatic heterocycles. The van der Waals surface area contributed by atoms with Gasteiger partial charge in [0.05, 0.1) is 0 Å². The molecular formula is C16H26N2. The molecule has 2 heteroatoms. The van der Waals surface area contributed by atoms with Crippen LogP contribution in [0.25, 0.3) is 0 Å². The van der Waals surface area contributed by atoms with E-state index < -0.39 is 0 Å². The minimum Gasteiger partial charge on any atom is -0.313 e. The van der Waals surface area contributed by atoms with Crippen LogP contribution in [0, 0.1) is 6.92 Å². The first kappa shape index (κ1) is 13.6. The Kier molecular flexibility index (Phi) is 4.79. The monoisotopic (exact) mass is 246 g/mol. The second-order valence-electron chi connectivity index (χ2n) is 5.76. The quantitative estimate of drug-likeness (QED) is 0.859. The molecule has 1 heterocycles. The average molecular weight is 246 g/mol. The van der Waals surface area contributed by atoms with Crippen molar-refractivity contribution < 1.29 is 0 Å². The maximum Gasteiger partial charge on any atom is 0.0239 e. The van der Waals surface area contributed by atoms with E-state index in [4.69, 9.17) is 0 Å². The summed E-state index contributed by atoms with van der Waals surface area (Å²) in [5.41, 5.74) is 2.90. The zero-order valence-electron chi connectivity index (χ0n) is 11.9. The molecule has 100 valence electrons. The van der Waals surface area contributed by atoms with Crippen molar-refractivity contribution in [3.8, 4) is 0 Å². The third-order valence-corrected chi connectivity index (χ3v) is 3.90. The maximum atomic E-state index is 3.58. The molecule has 2 nitrogen and oxygen atoms in total. The van der Waals surface area contributed by atoms with E-state index in [1.54, 1.807) is 0 Å². The summed E-state index contributed by atoms with van der Waals surface area (Å²) in [4.78, 5) is 2.64. The van der Waals surface area contributed by atoms with Gasteiger partial charge in [-0.25, -0.2) is 0 Å². The third kappa shape index (κ3) is 3.56. The van der Waals surface area contributed by atoms with E-state index in [0.29, 0.717) is 12.1 Å². The molecule has 0 radical (unpaired) electrons. The van der Waals surface area contributed by atoms with Gasteiger partial charge in [-0.05, 0) is 37.4 Å². The van der Waals surface area contributed by atoms with Gasteiger partial charge < -0.3 is 5.32 Å². The van der Waals surface area contributed by atoms with Gasteiger partial charge in [0.1, 0.15) is 0 Å². The minimum atomic E-state index is 0.589. The van der Waals surface area contributed by atoms with Crippen molar-refractivity contribution in [3.63, 3.8) is 0 Å². The van der Waals surface area contributed by atoms with Gasteiger partial charge >= 0.3 is 0 Å². The molecule has 1 aromatic rings. The van der Waals surface area contributed by atoms with E-state index in [9.17, 15) is 0 Å². The highest BCUT2D eigenvalue weighted by Crippen LogP contribution is 2.21. The van der Waals surface area contributed by atoms with E-state index in [1.807, 2.05) is 0 Å². The molecule has 2 rings (SSSR count). The van der Waals surface area contributed by atoms with Crippen molar-refractivity contribution in [2.75, 3.05) is 13.1 Å². The second-order valence-corrected chi connectivity index (χ2v) is 5.76. The molecule has 18 heavy (non-hydrogen) atoms. The van der Waals surface area contributed by atoms with Crippen LogP contribution in [0.1, 0.15) is 37.8 Å². The van der Waals surface area contributed by atoms with Crippen LogP contribution < -0.4 is 5.32 Å². The van der Waals surface area contributed by atoms with E-state index in [2.05, 4.69) is 55.3 Å². The SMILES string of the molecule is Cc1ccccc1CN1CCCC1CNC(C)C. The molecule has 0 saturated carbocycles. The lowest BCUT2D eigenvalue weighted by Gasteiger charge is -2.26. The van der Waals surface area contributed by atoms with E-state index >= 15 is 0 Å². The number of benzene rings is 1. The van der Waals surface area contributed by atoms with Crippen LogP contribution in [-0.2, 0) is 6.54 Å². The fourth-order valence-corrected chi connectivity index (χ4v) is 2.71. The van der Waals surface area contributed by atoms with Gasteiger partial charge in [-0.3, -0.25) is 4.90 Å². The molecule has 0 spiro atoms. The fourth-order valence-electron chi connectivity index (χ4n) is 2.71. The van der Waals surface area contributed by atoms with Gasteiger partial charge in [0.2, 0.25) is 0 Å². The van der Waals surface area contributed by atoms with Gasteiger partial charge in [-0.1, -0.05) is 38.1 Å². The van der Waals surface area contributed by atoms with Crippen molar-refractivity contribution in [2.45, 2.75) is 52.2 Å². The first-order valence-corrected chi connectivity index (χ1v) is 7.18. The normalized spacial score (nSPS) is 20.8. The Morgan fingerprint density at radius 3 is 2.83 bits per heavy atom. The molecule has 0 bridgehead atoms. The first-order valence-electron chi connectivity index (χ1n) is 7.18. The number of aryl methyl sites for hydroxylation is 1. The number of hydrogen-bond acceptors (Lipinski definition) is 2. The Morgan fingerprint density at radius 1 is 1.33 bits per heavy atom. The number of likely N-dealkylation sites (tertiary alicyclic amines) is 1. The minimum absolute atomic E-state index is 0.589. The van der Waals surface area contributed by atoms with Gasteiger partial charge in [-0.2, -0.15) is 0 Å². The number of rotatable bonds is 5. The smallest absolute Gasteiger partial charge is 0.0239 e. The van der Waals surface area contributed by atoms with Crippen LogP contribution in [0.5, 0.6) is 0 Å². The lowest BCUT2D eigenvalue weighted by molar-refractivity contribution is 0.235. The largest absolute Gasteiger partial charge is 0.313 e. The standard InChI is InChI=1S/C16H26N2/c1-13(2)17-11-16-9-6-10-18(16)12-15-8-5-4-7-14(15)3/h4-5,7-8,13,16-17H,6,9-12H2,1-3H3. The van der Waals surface area contributed by atoms with E-state index in [-0.39, 0.29) is 0 Å². The van der Waals surface area contributed by atoms with E-state index in [1.165, 1.54) is 30.5 Å². The Hall–Kier alpha value is -0.860. The summed E-state index contributed by atoms with van der Waals surface area (Å²) < 4.78 is 0. The van der Waals surface area contributed by atoms with E-state index in [0.717, 1.165) is 13.1 Å². The second kappa shape index (κ2) is 6.35. The molecule has 1 aliphatic heterocycles. The fraction of sp³-hybridized carbons (Fsp3) is 0.625. The van der Waals surface area contributed by atoms with Crippen molar-refractivity contribution >= 4 is 0 Å². The van der Waals surface area contributed by atoms with Gasteiger partial charge in [0, 0.05) is 25.2 Å². The van der Waals surface area contributed by atoms with Crippen LogP contribution in [0.4, 0.5) is 0 Å². The lowest BCUT2D eigenvalue weighted by Crippen LogP contribution is -2.39. The summed E-state index contributed by atoms with van der Waals surface area (Å²) in [7, 11) is 0. The molecule has 1 N–H and O–H groups in total. The van der Waals surface area contributed by atoms with Crippen LogP contribution in [-0.4, -0.2) is 30.1 Å². The zero-order chi connectivity index (χ0) is 13.0. The molecule has 1 aliphatic rings. The number of hydrogen-bond donors (Lipinski definition) is 1. The summed E-state index contributed by atoms with van der Waals surface area (Å²) in [6.45, 7) is 10.1. The van der Waals surface area contributed by atoms with Gasteiger partial charge in [0.25, 0.3) is 0 Å². The topological polar surface area (TPSA) is 15.3 Å². The van der Waals surface area contributed by atoms with Crippen LogP contribution in [0.3, 0.4) is 0 Å². The van der Waals surface area contributed by atoms with Crippen molar-refractivity contribution in [2.24, 2.45) is 0 Å². The predicted octanol–water partition coefficient (Wildman–Crippen LogP) is 2.96. The number of nitrogens with zero attached hydrogens (tertiary/aromatic N) is 1. The van der Waals surface area contributed by atoms with Crippen LogP contribution in [0.2, 0.25) is 0 Å². The summed E-state index contributed by atoms with van der Waals surface area (Å²) in [6.07, 6.45) is 2.68. The van der Waals surface area contributed by atoms with Crippen molar-refractivity contribution in [3.05, 3.63) is 35.4 Å². The molecule has 1 unspecified atom stereocenters. The van der Waals surface area contributed by atoms with Crippen molar-refractivity contribution in [1.82, 2.24) is 10.2 Å². The first-order chi connectivity index (χ1) is 8.66. The Labute approximate surface area is 111 Å². The molecule has 1 fully saturated rings. The average Bonchev–Trinajstić information content (AvgIpc) is 2.77. The lowest BCUT2D eigenvalue weighted by atomic mass is 10.1. The molecule has 1 aromatic carbocycles. The highest BCUT2D eigenvalue weighted by atomic mass is 15.2.